The number of aromatic nitrogens is 1. The summed E-state index contributed by atoms with van der Waals surface area (Å²) in [5.74, 6) is -0.198. The lowest BCUT2D eigenvalue weighted by molar-refractivity contribution is -0.142. The Kier molecular flexibility index (Phi) is 5.50. The first-order valence-electron chi connectivity index (χ1n) is 8.17. The van der Waals surface area contributed by atoms with Crippen molar-refractivity contribution in [1.82, 2.24) is 4.57 Å². The van der Waals surface area contributed by atoms with Crippen LogP contribution in [0.3, 0.4) is 0 Å². The number of nitrogens with zero attached hydrogens (tertiary/aromatic N) is 1. The van der Waals surface area contributed by atoms with Crippen molar-refractivity contribution in [3.8, 4) is 0 Å². The number of carbonyl (C=O) groups excluding carboxylic acids is 1. The Morgan fingerprint density at radius 1 is 1.20 bits per heavy atom. The van der Waals surface area contributed by atoms with Gasteiger partial charge in [-0.15, -0.1) is 0 Å². The zero-order valence-corrected chi connectivity index (χ0v) is 16.5. The average Bonchev–Trinajstić information content (AvgIpc) is 2.82. The molecule has 0 atom stereocenters. The molecule has 0 bridgehead atoms. The SMILES string of the molecule is CCOC(=O)Cc1c(C)n(Cc2ccc(Cl)cc2)c2ccc(Br)cc12. The molecule has 1 heterocycles. The van der Waals surface area contributed by atoms with E-state index < -0.39 is 0 Å². The smallest absolute Gasteiger partial charge is 0.310 e. The Morgan fingerprint density at radius 2 is 1.92 bits per heavy atom. The van der Waals surface area contributed by atoms with Crippen LogP contribution in [0.4, 0.5) is 0 Å². The fraction of sp³-hybridized carbons (Fsp3) is 0.250. The summed E-state index contributed by atoms with van der Waals surface area (Å²) >= 11 is 9.52. The third kappa shape index (κ3) is 3.91. The van der Waals surface area contributed by atoms with E-state index in [0.29, 0.717) is 6.61 Å². The van der Waals surface area contributed by atoms with E-state index in [1.54, 1.807) is 0 Å². The van der Waals surface area contributed by atoms with Crippen LogP contribution < -0.4 is 0 Å². The standard InChI is InChI=1S/C20H19BrClNO2/c1-3-25-20(24)11-17-13(2)23(12-14-4-7-16(22)8-5-14)19-9-6-15(21)10-18(17)19/h4-10H,3,11-12H2,1-2H3. The third-order valence-corrected chi connectivity index (χ3v) is 5.04. The number of ether oxygens (including phenoxy) is 1. The van der Waals surface area contributed by atoms with Crippen molar-refractivity contribution in [3.05, 3.63) is 68.8 Å². The summed E-state index contributed by atoms with van der Waals surface area (Å²) in [7, 11) is 0. The van der Waals surface area contributed by atoms with E-state index in [0.717, 1.165) is 43.8 Å². The molecular formula is C20H19BrClNO2. The van der Waals surface area contributed by atoms with Gasteiger partial charge in [-0.1, -0.05) is 39.7 Å². The fourth-order valence-corrected chi connectivity index (χ4v) is 3.57. The van der Waals surface area contributed by atoms with E-state index in [-0.39, 0.29) is 12.4 Å². The van der Waals surface area contributed by atoms with Gasteiger partial charge in [0.25, 0.3) is 0 Å². The van der Waals surface area contributed by atoms with Gasteiger partial charge >= 0.3 is 5.97 Å². The van der Waals surface area contributed by atoms with Gasteiger partial charge in [0, 0.05) is 32.6 Å². The molecule has 0 amide bonds. The number of esters is 1. The molecule has 0 saturated heterocycles. The number of hydrogen-bond donors (Lipinski definition) is 0. The molecule has 0 aliphatic carbocycles. The maximum Gasteiger partial charge on any atom is 0.310 e. The second-order valence-electron chi connectivity index (χ2n) is 5.92. The Balaban J connectivity index is 2.07. The van der Waals surface area contributed by atoms with Gasteiger partial charge in [0.1, 0.15) is 0 Å². The molecule has 130 valence electrons. The van der Waals surface area contributed by atoms with Crippen molar-refractivity contribution >= 4 is 44.4 Å². The van der Waals surface area contributed by atoms with Crippen molar-refractivity contribution in [2.45, 2.75) is 26.8 Å². The molecule has 3 rings (SSSR count). The predicted molar refractivity (Wildman–Crippen MR) is 105 cm³/mol. The first-order chi connectivity index (χ1) is 12.0. The minimum atomic E-state index is -0.198. The van der Waals surface area contributed by atoms with E-state index in [2.05, 4.69) is 39.6 Å². The molecule has 0 aliphatic rings. The van der Waals surface area contributed by atoms with Crippen LogP contribution in [0, 0.1) is 6.92 Å². The number of halogens is 2. The maximum absolute atomic E-state index is 12.0. The summed E-state index contributed by atoms with van der Waals surface area (Å²) in [6.45, 7) is 5.00. The molecule has 0 unspecified atom stereocenters. The second-order valence-corrected chi connectivity index (χ2v) is 7.27. The van der Waals surface area contributed by atoms with Gasteiger partial charge < -0.3 is 9.30 Å². The highest BCUT2D eigenvalue weighted by Crippen LogP contribution is 2.30. The van der Waals surface area contributed by atoms with Gasteiger partial charge in [-0.25, -0.2) is 0 Å². The lowest BCUT2D eigenvalue weighted by Gasteiger charge is -2.09. The molecule has 25 heavy (non-hydrogen) atoms. The minimum Gasteiger partial charge on any atom is -0.466 e. The van der Waals surface area contributed by atoms with Gasteiger partial charge in [-0.05, 0) is 55.3 Å². The van der Waals surface area contributed by atoms with E-state index in [9.17, 15) is 4.79 Å². The zero-order valence-electron chi connectivity index (χ0n) is 14.2. The van der Waals surface area contributed by atoms with Crippen LogP contribution in [0.1, 0.15) is 23.7 Å². The summed E-state index contributed by atoms with van der Waals surface area (Å²) in [6.07, 6.45) is 0.278. The molecule has 3 nitrogen and oxygen atoms in total. The monoisotopic (exact) mass is 419 g/mol. The molecule has 0 saturated carbocycles. The number of rotatable bonds is 5. The minimum absolute atomic E-state index is 0.198. The molecular weight excluding hydrogens is 402 g/mol. The van der Waals surface area contributed by atoms with E-state index >= 15 is 0 Å². The van der Waals surface area contributed by atoms with Gasteiger partial charge in [-0.3, -0.25) is 4.79 Å². The Bertz CT molecular complexity index is 916. The van der Waals surface area contributed by atoms with Crippen molar-refractivity contribution < 1.29 is 9.53 Å². The first kappa shape index (κ1) is 18.0. The number of carbonyl (C=O) groups is 1. The molecule has 0 radical (unpaired) electrons. The fourth-order valence-electron chi connectivity index (χ4n) is 3.08. The maximum atomic E-state index is 12.0. The molecule has 0 aliphatic heterocycles. The van der Waals surface area contributed by atoms with Crippen molar-refractivity contribution in [3.63, 3.8) is 0 Å². The van der Waals surface area contributed by atoms with Crippen LogP contribution in [-0.4, -0.2) is 17.1 Å². The van der Waals surface area contributed by atoms with Crippen LogP contribution in [0.15, 0.2) is 46.9 Å². The lowest BCUT2D eigenvalue weighted by atomic mass is 10.1. The average molecular weight is 421 g/mol. The molecule has 3 aromatic rings. The zero-order chi connectivity index (χ0) is 18.0. The second kappa shape index (κ2) is 7.63. The summed E-state index contributed by atoms with van der Waals surface area (Å²) in [5, 5.41) is 1.80. The molecule has 0 fully saturated rings. The molecule has 1 aromatic heterocycles. The van der Waals surface area contributed by atoms with E-state index in [1.807, 2.05) is 37.3 Å². The van der Waals surface area contributed by atoms with Gasteiger partial charge in [0.05, 0.1) is 13.0 Å². The Labute approximate surface area is 160 Å². The number of hydrogen-bond acceptors (Lipinski definition) is 2. The van der Waals surface area contributed by atoms with Crippen LogP contribution >= 0.6 is 27.5 Å². The lowest BCUT2D eigenvalue weighted by Crippen LogP contribution is -2.09. The van der Waals surface area contributed by atoms with Crippen molar-refractivity contribution in [1.29, 1.82) is 0 Å². The topological polar surface area (TPSA) is 31.2 Å². The molecule has 0 spiro atoms. The normalized spacial score (nSPS) is 11.0. The van der Waals surface area contributed by atoms with Gasteiger partial charge in [0.2, 0.25) is 0 Å². The molecule has 0 N–H and O–H groups in total. The molecule has 2 aromatic carbocycles. The van der Waals surface area contributed by atoms with Crippen LogP contribution in [0.5, 0.6) is 0 Å². The van der Waals surface area contributed by atoms with Gasteiger partial charge in [0.15, 0.2) is 0 Å². The highest BCUT2D eigenvalue weighted by atomic mass is 79.9. The van der Waals surface area contributed by atoms with Crippen LogP contribution in [0.2, 0.25) is 5.02 Å². The van der Waals surface area contributed by atoms with Crippen molar-refractivity contribution in [2.24, 2.45) is 0 Å². The predicted octanol–water partition coefficient (Wildman–Crippen LogP) is 5.52. The summed E-state index contributed by atoms with van der Waals surface area (Å²) in [6, 6.07) is 14.0. The Hall–Kier alpha value is -1.78. The van der Waals surface area contributed by atoms with Crippen molar-refractivity contribution in [2.75, 3.05) is 6.61 Å². The van der Waals surface area contributed by atoms with E-state index in [1.165, 1.54) is 0 Å². The van der Waals surface area contributed by atoms with Crippen LogP contribution in [-0.2, 0) is 22.5 Å². The summed E-state index contributed by atoms with van der Waals surface area (Å²) < 4.78 is 8.38. The first-order valence-corrected chi connectivity index (χ1v) is 9.34. The van der Waals surface area contributed by atoms with Crippen LogP contribution in [0.25, 0.3) is 10.9 Å². The third-order valence-electron chi connectivity index (χ3n) is 4.30. The van der Waals surface area contributed by atoms with Gasteiger partial charge in [-0.2, -0.15) is 0 Å². The largest absolute Gasteiger partial charge is 0.466 e. The Morgan fingerprint density at radius 3 is 2.60 bits per heavy atom. The number of benzene rings is 2. The number of fused-ring (bicyclic) bond motifs is 1. The summed E-state index contributed by atoms with van der Waals surface area (Å²) in [5.41, 5.74) is 4.37. The highest BCUT2D eigenvalue weighted by molar-refractivity contribution is 9.10. The molecule has 5 heteroatoms. The quantitative estimate of drug-likeness (QED) is 0.509. The highest BCUT2D eigenvalue weighted by Gasteiger charge is 2.17. The van der Waals surface area contributed by atoms with E-state index in [4.69, 9.17) is 16.3 Å². The summed E-state index contributed by atoms with van der Waals surface area (Å²) in [4.78, 5) is 12.0.